The summed E-state index contributed by atoms with van der Waals surface area (Å²) in [7, 11) is 1.65. The lowest BCUT2D eigenvalue weighted by molar-refractivity contribution is -0.130. The highest BCUT2D eigenvalue weighted by Crippen LogP contribution is 2.33. The van der Waals surface area contributed by atoms with Gasteiger partial charge in [0.1, 0.15) is 12.5 Å². The molecule has 0 aliphatic carbocycles. The first-order valence-electron chi connectivity index (χ1n) is 8.93. The number of halogens is 1. The second kappa shape index (κ2) is 8.96. The van der Waals surface area contributed by atoms with Crippen molar-refractivity contribution in [2.45, 2.75) is 17.7 Å². The summed E-state index contributed by atoms with van der Waals surface area (Å²) in [4.78, 5) is 0. The highest BCUT2D eigenvalue weighted by molar-refractivity contribution is 7.99. The molecule has 1 saturated heterocycles. The number of rotatable bonds is 6. The van der Waals surface area contributed by atoms with Gasteiger partial charge in [0, 0.05) is 17.0 Å². The molecule has 0 N–H and O–H groups in total. The first-order chi connectivity index (χ1) is 13.8. The summed E-state index contributed by atoms with van der Waals surface area (Å²) in [6.07, 6.45) is 1.02. The molecule has 2 heterocycles. The molecular formula is C20H20ClN3O3S. The second-order valence-electron chi connectivity index (χ2n) is 6.23. The Bertz CT molecular complexity index is 927. The first-order valence-corrected chi connectivity index (χ1v) is 10.3. The van der Waals surface area contributed by atoms with E-state index in [1.54, 1.807) is 18.9 Å². The van der Waals surface area contributed by atoms with Gasteiger partial charge in [-0.15, -0.1) is 10.2 Å². The molecule has 1 aliphatic rings. The molecule has 28 heavy (non-hydrogen) atoms. The molecule has 146 valence electrons. The topological polar surface area (TPSA) is 58.4 Å². The van der Waals surface area contributed by atoms with Gasteiger partial charge in [-0.2, -0.15) is 0 Å². The van der Waals surface area contributed by atoms with Gasteiger partial charge in [0.15, 0.2) is 11.0 Å². The van der Waals surface area contributed by atoms with Crippen molar-refractivity contribution in [1.29, 1.82) is 0 Å². The predicted molar refractivity (Wildman–Crippen MR) is 109 cm³/mol. The normalized spacial score (nSPS) is 16.9. The fourth-order valence-corrected chi connectivity index (χ4v) is 4.18. The van der Waals surface area contributed by atoms with E-state index in [2.05, 4.69) is 10.2 Å². The van der Waals surface area contributed by atoms with E-state index in [1.807, 2.05) is 53.1 Å². The third kappa shape index (κ3) is 4.17. The van der Waals surface area contributed by atoms with Crippen LogP contribution in [0.15, 0.2) is 53.7 Å². The third-order valence-corrected chi connectivity index (χ3v) is 5.84. The zero-order valence-electron chi connectivity index (χ0n) is 15.4. The average Bonchev–Trinajstić information content (AvgIpc) is 3.17. The van der Waals surface area contributed by atoms with E-state index in [9.17, 15) is 0 Å². The minimum absolute atomic E-state index is 0.142. The van der Waals surface area contributed by atoms with Crippen molar-refractivity contribution >= 4 is 23.4 Å². The molecule has 0 unspecified atom stereocenters. The maximum atomic E-state index is 6.43. The van der Waals surface area contributed by atoms with Crippen LogP contribution in [0.5, 0.6) is 5.75 Å². The van der Waals surface area contributed by atoms with Crippen molar-refractivity contribution in [2.24, 2.45) is 0 Å². The van der Waals surface area contributed by atoms with E-state index in [0.717, 1.165) is 40.9 Å². The second-order valence-corrected chi connectivity index (χ2v) is 7.63. The minimum Gasteiger partial charge on any atom is -0.497 e. The summed E-state index contributed by atoms with van der Waals surface area (Å²) in [6.45, 7) is 1.07. The van der Waals surface area contributed by atoms with Gasteiger partial charge < -0.3 is 14.2 Å². The van der Waals surface area contributed by atoms with Crippen LogP contribution in [0.3, 0.4) is 0 Å². The van der Waals surface area contributed by atoms with E-state index in [-0.39, 0.29) is 6.10 Å². The smallest absolute Gasteiger partial charge is 0.196 e. The third-order valence-electron chi connectivity index (χ3n) is 4.45. The van der Waals surface area contributed by atoms with E-state index < -0.39 is 0 Å². The fraction of sp³-hybridized carbons (Fsp3) is 0.300. The highest BCUT2D eigenvalue weighted by atomic mass is 35.5. The number of aromatic nitrogens is 3. The molecule has 0 saturated carbocycles. The molecule has 0 spiro atoms. The molecule has 8 heteroatoms. The van der Waals surface area contributed by atoms with Crippen LogP contribution in [0.25, 0.3) is 17.1 Å². The molecule has 0 bridgehead atoms. The van der Waals surface area contributed by atoms with Gasteiger partial charge in [0.25, 0.3) is 0 Å². The number of nitrogens with zero attached hydrogens (tertiary/aromatic N) is 3. The highest BCUT2D eigenvalue weighted by Gasteiger charge is 2.21. The van der Waals surface area contributed by atoms with Gasteiger partial charge in [-0.25, -0.2) is 0 Å². The Hall–Kier alpha value is -2.06. The summed E-state index contributed by atoms with van der Waals surface area (Å²) >= 11 is 8.05. The Kier molecular flexibility index (Phi) is 6.17. The van der Waals surface area contributed by atoms with Crippen LogP contribution in [0, 0.1) is 0 Å². The average molecular weight is 418 g/mol. The van der Waals surface area contributed by atoms with E-state index in [4.69, 9.17) is 25.8 Å². The number of methoxy groups -OCH3 is 1. The molecule has 1 aliphatic heterocycles. The number of benzene rings is 2. The summed E-state index contributed by atoms with van der Waals surface area (Å²) in [5.41, 5.74) is 1.78. The number of hydrogen-bond donors (Lipinski definition) is 0. The van der Waals surface area contributed by atoms with Crippen molar-refractivity contribution in [1.82, 2.24) is 14.8 Å². The zero-order valence-corrected chi connectivity index (χ0v) is 16.9. The number of ether oxygens (including phenoxy) is 3. The quantitative estimate of drug-likeness (QED) is 0.552. The molecule has 1 fully saturated rings. The largest absolute Gasteiger partial charge is 0.497 e. The van der Waals surface area contributed by atoms with Crippen LogP contribution < -0.4 is 4.74 Å². The lowest BCUT2D eigenvalue weighted by Crippen LogP contribution is -2.25. The fourth-order valence-electron chi connectivity index (χ4n) is 2.94. The van der Waals surface area contributed by atoms with Crippen LogP contribution in [-0.4, -0.2) is 47.1 Å². The Morgan fingerprint density at radius 2 is 2.00 bits per heavy atom. The monoisotopic (exact) mass is 417 g/mol. The van der Waals surface area contributed by atoms with Crippen molar-refractivity contribution in [3.63, 3.8) is 0 Å². The lowest BCUT2D eigenvalue weighted by atomic mass is 10.2. The minimum atomic E-state index is 0.142. The molecule has 3 aromatic rings. The van der Waals surface area contributed by atoms with Crippen LogP contribution in [-0.2, 0) is 9.47 Å². The predicted octanol–water partition coefficient (Wildman–Crippen LogP) is 4.45. The maximum absolute atomic E-state index is 6.43. The standard InChI is InChI=1S/C20H20ClN3O3S/c1-25-15-8-6-14(7-9-15)24-19(17-4-2-3-5-18(17)21)22-23-20(24)28-12-16-10-11-26-13-27-16/h2-9,16H,10-13H2,1H3/t16-/m1/s1. The summed E-state index contributed by atoms with van der Waals surface area (Å²) in [5, 5.41) is 10.3. The van der Waals surface area contributed by atoms with Crippen molar-refractivity contribution in [3.8, 4) is 22.8 Å². The van der Waals surface area contributed by atoms with Crippen LogP contribution in [0.1, 0.15) is 6.42 Å². The van der Waals surface area contributed by atoms with Gasteiger partial charge in [-0.05, 0) is 42.8 Å². The Labute approximate surface area is 172 Å². The van der Waals surface area contributed by atoms with Crippen LogP contribution >= 0.6 is 23.4 Å². The van der Waals surface area contributed by atoms with Gasteiger partial charge in [-0.3, -0.25) is 4.57 Å². The first kappa shape index (κ1) is 19.3. The molecule has 1 atom stereocenters. The van der Waals surface area contributed by atoms with Gasteiger partial charge in [0.05, 0.1) is 24.8 Å². The van der Waals surface area contributed by atoms with Gasteiger partial charge in [0.2, 0.25) is 0 Å². The summed E-state index contributed by atoms with van der Waals surface area (Å²) in [5.74, 6) is 2.27. The van der Waals surface area contributed by atoms with Gasteiger partial charge >= 0.3 is 0 Å². The number of hydrogen-bond acceptors (Lipinski definition) is 6. The van der Waals surface area contributed by atoms with Gasteiger partial charge in [-0.1, -0.05) is 35.5 Å². The summed E-state index contributed by atoms with van der Waals surface area (Å²) < 4.78 is 18.2. The molecular weight excluding hydrogens is 398 g/mol. The van der Waals surface area contributed by atoms with Crippen LogP contribution in [0.2, 0.25) is 5.02 Å². The van der Waals surface area contributed by atoms with Crippen molar-refractivity contribution in [3.05, 3.63) is 53.6 Å². The molecule has 1 aromatic heterocycles. The lowest BCUT2D eigenvalue weighted by Gasteiger charge is -2.22. The van der Waals surface area contributed by atoms with Crippen molar-refractivity contribution < 1.29 is 14.2 Å². The SMILES string of the molecule is COc1ccc(-n2c(SC[C@H]3CCOCO3)nnc2-c2ccccc2Cl)cc1. The summed E-state index contributed by atoms with van der Waals surface area (Å²) in [6, 6.07) is 15.4. The Morgan fingerprint density at radius 3 is 2.71 bits per heavy atom. The molecule has 2 aromatic carbocycles. The molecule has 0 radical (unpaired) electrons. The molecule has 6 nitrogen and oxygen atoms in total. The number of thioether (sulfide) groups is 1. The maximum Gasteiger partial charge on any atom is 0.196 e. The van der Waals surface area contributed by atoms with E-state index >= 15 is 0 Å². The molecule has 0 amide bonds. The zero-order chi connectivity index (χ0) is 19.3. The Balaban J connectivity index is 1.70. The molecule has 4 rings (SSSR count). The van der Waals surface area contributed by atoms with E-state index in [0.29, 0.717) is 17.6 Å². The van der Waals surface area contributed by atoms with Crippen molar-refractivity contribution in [2.75, 3.05) is 26.3 Å². The van der Waals surface area contributed by atoms with Crippen LogP contribution in [0.4, 0.5) is 0 Å². The Morgan fingerprint density at radius 1 is 1.18 bits per heavy atom. The van der Waals surface area contributed by atoms with E-state index in [1.165, 1.54) is 0 Å².